The number of benzene rings is 1. The summed E-state index contributed by atoms with van der Waals surface area (Å²) < 4.78 is 12.5. The molecule has 6 rings (SSSR count). The third-order valence-electron chi connectivity index (χ3n) is 7.08. The summed E-state index contributed by atoms with van der Waals surface area (Å²) in [6.45, 7) is 5.62. The third-order valence-corrected chi connectivity index (χ3v) is 7.52. The highest BCUT2D eigenvalue weighted by molar-refractivity contribution is 6.32. The van der Waals surface area contributed by atoms with Crippen molar-refractivity contribution < 1.29 is 19.1 Å². The molecule has 13 heteroatoms. The zero-order chi connectivity index (χ0) is 28.5. The Balaban J connectivity index is 1.73. The van der Waals surface area contributed by atoms with Crippen LogP contribution in [0.15, 0.2) is 36.7 Å². The van der Waals surface area contributed by atoms with Gasteiger partial charge in [-0.1, -0.05) is 29.3 Å². The molecule has 40 heavy (non-hydrogen) atoms. The SMILES string of the molecule is COc1ncc(-c2nc3c(n2C(C)C)C2(C(=O)Nc4cc(Cl)ccc42)N(c2cc(Cl)cnc2C)C3=O)c(OC)n1. The van der Waals surface area contributed by atoms with Crippen LogP contribution in [0.2, 0.25) is 10.0 Å². The summed E-state index contributed by atoms with van der Waals surface area (Å²) in [5.74, 6) is -0.367. The highest BCUT2D eigenvalue weighted by atomic mass is 35.5. The maximum Gasteiger partial charge on any atom is 0.319 e. The number of aromatic nitrogens is 5. The van der Waals surface area contributed by atoms with Gasteiger partial charge < -0.3 is 19.4 Å². The maximum absolute atomic E-state index is 14.4. The molecule has 0 radical (unpaired) electrons. The Morgan fingerprint density at radius 3 is 2.48 bits per heavy atom. The van der Waals surface area contributed by atoms with E-state index in [1.807, 2.05) is 18.4 Å². The van der Waals surface area contributed by atoms with Crippen molar-refractivity contribution in [2.75, 3.05) is 24.4 Å². The van der Waals surface area contributed by atoms with E-state index in [0.29, 0.717) is 49.8 Å². The number of hydrogen-bond acceptors (Lipinski definition) is 8. The van der Waals surface area contributed by atoms with Crippen LogP contribution < -0.4 is 19.7 Å². The fourth-order valence-corrected chi connectivity index (χ4v) is 5.81. The van der Waals surface area contributed by atoms with Gasteiger partial charge >= 0.3 is 6.01 Å². The van der Waals surface area contributed by atoms with E-state index in [0.717, 1.165) is 0 Å². The molecule has 2 aliphatic heterocycles. The Morgan fingerprint density at radius 2 is 1.77 bits per heavy atom. The van der Waals surface area contributed by atoms with Gasteiger partial charge in [0.15, 0.2) is 11.2 Å². The second-order valence-electron chi connectivity index (χ2n) is 9.63. The Morgan fingerprint density at radius 1 is 1.00 bits per heavy atom. The van der Waals surface area contributed by atoms with Crippen molar-refractivity contribution in [2.24, 2.45) is 0 Å². The first-order chi connectivity index (χ1) is 19.1. The number of methoxy groups -OCH3 is 2. The zero-order valence-corrected chi connectivity index (χ0v) is 23.6. The van der Waals surface area contributed by atoms with Gasteiger partial charge in [-0.2, -0.15) is 4.98 Å². The Hall–Kier alpha value is -4.22. The van der Waals surface area contributed by atoms with Crippen LogP contribution in [0.25, 0.3) is 11.4 Å². The number of anilines is 2. The van der Waals surface area contributed by atoms with Crippen LogP contribution >= 0.6 is 23.2 Å². The van der Waals surface area contributed by atoms with Crippen LogP contribution in [0.4, 0.5) is 11.4 Å². The van der Waals surface area contributed by atoms with E-state index in [9.17, 15) is 9.59 Å². The minimum absolute atomic E-state index is 0.0962. The molecular formula is C27H23Cl2N7O4. The normalized spacial score (nSPS) is 17.4. The van der Waals surface area contributed by atoms with Crippen molar-refractivity contribution in [3.63, 3.8) is 0 Å². The van der Waals surface area contributed by atoms with Gasteiger partial charge in [-0.3, -0.25) is 19.5 Å². The second-order valence-corrected chi connectivity index (χ2v) is 10.5. The van der Waals surface area contributed by atoms with Gasteiger partial charge in [0.2, 0.25) is 5.88 Å². The van der Waals surface area contributed by atoms with Crippen molar-refractivity contribution in [1.29, 1.82) is 0 Å². The van der Waals surface area contributed by atoms with E-state index in [-0.39, 0.29) is 23.6 Å². The van der Waals surface area contributed by atoms with Gasteiger partial charge in [0.25, 0.3) is 11.8 Å². The molecule has 1 aromatic carbocycles. The van der Waals surface area contributed by atoms with E-state index in [2.05, 4.69) is 20.3 Å². The number of hydrogen-bond donors (Lipinski definition) is 1. The lowest BCUT2D eigenvalue weighted by Crippen LogP contribution is -2.51. The van der Waals surface area contributed by atoms with Crippen molar-refractivity contribution in [3.05, 3.63) is 69.3 Å². The summed E-state index contributed by atoms with van der Waals surface area (Å²) in [6, 6.07) is 6.56. The number of rotatable bonds is 5. The molecule has 11 nitrogen and oxygen atoms in total. The minimum atomic E-state index is -1.64. The number of pyridine rings is 1. The highest BCUT2D eigenvalue weighted by Crippen LogP contribution is 2.55. The maximum atomic E-state index is 14.4. The molecule has 2 amide bonds. The van der Waals surface area contributed by atoms with E-state index >= 15 is 0 Å². The lowest BCUT2D eigenvalue weighted by Gasteiger charge is -2.36. The molecule has 5 heterocycles. The smallest absolute Gasteiger partial charge is 0.319 e. The number of nitrogens with zero attached hydrogens (tertiary/aromatic N) is 6. The molecule has 4 aromatic rings. The number of carbonyl (C=O) groups is 2. The average Bonchev–Trinajstić information content (AvgIpc) is 3.53. The third kappa shape index (κ3) is 3.44. The van der Waals surface area contributed by atoms with Crippen LogP contribution in [0.5, 0.6) is 11.9 Å². The van der Waals surface area contributed by atoms with Crippen LogP contribution in [0, 0.1) is 6.92 Å². The first-order valence-electron chi connectivity index (χ1n) is 12.3. The monoisotopic (exact) mass is 579 g/mol. The first kappa shape index (κ1) is 26.0. The summed E-state index contributed by atoms with van der Waals surface area (Å²) in [5.41, 5.74) is 1.20. The number of fused-ring (bicyclic) bond motifs is 4. The summed E-state index contributed by atoms with van der Waals surface area (Å²) in [5, 5.41) is 3.69. The van der Waals surface area contributed by atoms with Crippen molar-refractivity contribution in [1.82, 2.24) is 24.5 Å². The summed E-state index contributed by atoms with van der Waals surface area (Å²) in [7, 11) is 2.92. The van der Waals surface area contributed by atoms with Gasteiger partial charge in [0.05, 0.1) is 41.9 Å². The van der Waals surface area contributed by atoms with Crippen LogP contribution in [0.3, 0.4) is 0 Å². The quantitative estimate of drug-likeness (QED) is 0.357. The molecule has 0 fully saturated rings. The highest BCUT2D eigenvalue weighted by Gasteiger charge is 2.64. The molecule has 0 saturated carbocycles. The average molecular weight is 580 g/mol. The van der Waals surface area contributed by atoms with Gasteiger partial charge in [-0.25, -0.2) is 9.97 Å². The first-order valence-corrected chi connectivity index (χ1v) is 13.0. The molecule has 0 aliphatic carbocycles. The van der Waals surface area contributed by atoms with E-state index in [1.54, 1.807) is 31.2 Å². The van der Waals surface area contributed by atoms with Gasteiger partial charge in [-0.05, 0) is 39.0 Å². The van der Waals surface area contributed by atoms with Gasteiger partial charge in [0, 0.05) is 34.7 Å². The molecule has 1 spiro atoms. The molecule has 0 bridgehead atoms. The van der Waals surface area contributed by atoms with E-state index in [1.165, 1.54) is 31.5 Å². The van der Waals surface area contributed by atoms with Crippen molar-refractivity contribution in [3.8, 4) is 23.3 Å². The molecule has 1 atom stereocenters. The number of halogens is 2. The van der Waals surface area contributed by atoms with Gasteiger partial charge in [-0.15, -0.1) is 0 Å². The van der Waals surface area contributed by atoms with Crippen molar-refractivity contribution >= 4 is 46.4 Å². The number of aryl methyl sites for hydroxylation is 1. The topological polar surface area (TPSA) is 124 Å². The van der Waals surface area contributed by atoms with E-state index < -0.39 is 17.4 Å². The predicted molar refractivity (Wildman–Crippen MR) is 148 cm³/mol. The lowest BCUT2D eigenvalue weighted by molar-refractivity contribution is -0.119. The fourth-order valence-electron chi connectivity index (χ4n) is 5.48. The van der Waals surface area contributed by atoms with Gasteiger partial charge in [0.1, 0.15) is 5.82 Å². The largest absolute Gasteiger partial charge is 0.480 e. The molecule has 0 saturated heterocycles. The van der Waals surface area contributed by atoms with E-state index in [4.69, 9.17) is 37.7 Å². The van der Waals surface area contributed by atoms with Crippen LogP contribution in [-0.2, 0) is 10.3 Å². The molecular weight excluding hydrogens is 557 g/mol. The molecule has 1 unspecified atom stereocenters. The number of nitrogens with one attached hydrogen (secondary N) is 1. The Bertz CT molecular complexity index is 1740. The lowest BCUT2D eigenvalue weighted by atomic mass is 9.87. The standard InChI is InChI=1S/C27H23Cl2N7O4/c1-12(2)35-21-20(33-22(35)16-11-31-26(40-5)34-23(16)39-4)24(37)36(19-9-15(29)10-30-13(19)3)27(21)17-7-6-14(28)8-18(17)32-25(27)38/h6-12H,1-5H3,(H,32,38). The Kier molecular flexibility index (Phi) is 5.97. The molecule has 1 N–H and O–H groups in total. The number of imidazole rings is 1. The number of amides is 2. The Labute approximate surface area is 239 Å². The number of carbonyl (C=O) groups excluding carboxylic acids is 2. The fraction of sp³-hybridized carbons (Fsp3) is 0.259. The zero-order valence-electron chi connectivity index (χ0n) is 22.1. The summed E-state index contributed by atoms with van der Waals surface area (Å²) >= 11 is 12.7. The van der Waals surface area contributed by atoms with Crippen LogP contribution in [-0.4, -0.2) is 50.5 Å². The van der Waals surface area contributed by atoms with Crippen molar-refractivity contribution in [2.45, 2.75) is 32.4 Å². The molecule has 204 valence electrons. The number of ether oxygens (including phenoxy) is 2. The predicted octanol–water partition coefficient (Wildman–Crippen LogP) is 4.80. The molecule has 2 aliphatic rings. The summed E-state index contributed by atoms with van der Waals surface area (Å²) in [4.78, 5) is 47.8. The van der Waals surface area contributed by atoms with Crippen LogP contribution in [0.1, 0.15) is 47.3 Å². The molecule has 3 aromatic heterocycles. The minimum Gasteiger partial charge on any atom is -0.480 e. The summed E-state index contributed by atoms with van der Waals surface area (Å²) in [6.07, 6.45) is 3.01. The second kappa shape index (κ2) is 9.17.